The van der Waals surface area contributed by atoms with Crippen molar-refractivity contribution < 1.29 is 17.9 Å². The van der Waals surface area contributed by atoms with Crippen LogP contribution in [0.2, 0.25) is 0 Å². The van der Waals surface area contributed by atoms with E-state index in [1.54, 1.807) is 0 Å². The molecular weight excluding hydrogens is 247 g/mol. The molecule has 104 valence electrons. The first-order valence-electron chi connectivity index (χ1n) is 6.15. The van der Waals surface area contributed by atoms with Gasteiger partial charge < -0.3 is 15.8 Å². The van der Waals surface area contributed by atoms with E-state index >= 15 is 0 Å². The van der Waals surface area contributed by atoms with Crippen LogP contribution in [-0.4, -0.2) is 37.9 Å². The van der Waals surface area contributed by atoms with Gasteiger partial charge in [0.15, 0.2) is 5.96 Å². The summed E-state index contributed by atoms with van der Waals surface area (Å²) in [6, 6.07) is 0. The minimum absolute atomic E-state index is 0.0704. The Labute approximate surface area is 104 Å². The van der Waals surface area contributed by atoms with Gasteiger partial charge in [-0.15, -0.1) is 0 Å². The maximum atomic E-state index is 12.6. The standard InChI is InChI=1S/C11H18F3N3O/c12-11(13,14)10(3-4-10)7-17-9(15)16-6-8-2-1-5-18-8/h8H,1-7H2,(H3,15,16,17). The van der Waals surface area contributed by atoms with Gasteiger partial charge in [-0.25, -0.2) is 0 Å². The van der Waals surface area contributed by atoms with Crippen molar-refractivity contribution in [2.75, 3.05) is 19.7 Å². The van der Waals surface area contributed by atoms with Gasteiger partial charge in [0.1, 0.15) is 0 Å². The van der Waals surface area contributed by atoms with E-state index in [4.69, 9.17) is 10.5 Å². The van der Waals surface area contributed by atoms with E-state index < -0.39 is 11.6 Å². The Morgan fingerprint density at radius 1 is 1.44 bits per heavy atom. The van der Waals surface area contributed by atoms with E-state index in [9.17, 15) is 13.2 Å². The minimum atomic E-state index is -4.18. The largest absolute Gasteiger partial charge is 0.396 e. The van der Waals surface area contributed by atoms with Crippen LogP contribution in [-0.2, 0) is 4.74 Å². The second-order valence-corrected chi connectivity index (χ2v) is 5.00. The van der Waals surface area contributed by atoms with Crippen LogP contribution in [0.4, 0.5) is 13.2 Å². The predicted octanol–water partition coefficient (Wildman–Crippen LogP) is 1.41. The van der Waals surface area contributed by atoms with Crippen molar-refractivity contribution in [3.63, 3.8) is 0 Å². The Morgan fingerprint density at radius 3 is 2.67 bits per heavy atom. The van der Waals surface area contributed by atoms with Crippen molar-refractivity contribution in [1.29, 1.82) is 0 Å². The fourth-order valence-corrected chi connectivity index (χ4v) is 2.00. The van der Waals surface area contributed by atoms with Gasteiger partial charge in [-0.1, -0.05) is 0 Å². The zero-order chi connectivity index (χ0) is 13.2. The lowest BCUT2D eigenvalue weighted by molar-refractivity contribution is -0.183. The normalized spacial score (nSPS) is 27.3. The summed E-state index contributed by atoms with van der Waals surface area (Å²) in [7, 11) is 0. The number of alkyl halides is 3. The summed E-state index contributed by atoms with van der Waals surface area (Å²) in [6.07, 6.45) is -1.81. The van der Waals surface area contributed by atoms with Gasteiger partial charge in [0, 0.05) is 13.2 Å². The highest BCUT2D eigenvalue weighted by Crippen LogP contribution is 2.57. The molecule has 1 heterocycles. The number of nitrogens with two attached hydrogens (primary N) is 1. The fraction of sp³-hybridized carbons (Fsp3) is 0.909. The maximum Gasteiger partial charge on any atom is 0.396 e. The smallest absolute Gasteiger partial charge is 0.376 e. The van der Waals surface area contributed by atoms with Gasteiger partial charge >= 0.3 is 6.18 Å². The molecule has 3 N–H and O–H groups in total. The molecule has 1 saturated heterocycles. The Balaban J connectivity index is 1.75. The topological polar surface area (TPSA) is 59.6 Å². The zero-order valence-electron chi connectivity index (χ0n) is 10.1. The van der Waals surface area contributed by atoms with Crippen molar-refractivity contribution in [2.24, 2.45) is 16.1 Å². The molecule has 1 aliphatic heterocycles. The number of halogens is 3. The Morgan fingerprint density at radius 2 is 2.17 bits per heavy atom. The van der Waals surface area contributed by atoms with Crippen molar-refractivity contribution >= 4 is 5.96 Å². The summed E-state index contributed by atoms with van der Waals surface area (Å²) < 4.78 is 43.2. The summed E-state index contributed by atoms with van der Waals surface area (Å²) in [6.45, 7) is 0.968. The number of ether oxygens (including phenoxy) is 1. The third-order valence-corrected chi connectivity index (χ3v) is 3.54. The van der Waals surface area contributed by atoms with Crippen LogP contribution in [0.1, 0.15) is 25.7 Å². The molecule has 1 saturated carbocycles. The van der Waals surface area contributed by atoms with Crippen LogP contribution in [0.5, 0.6) is 0 Å². The molecule has 2 fully saturated rings. The molecule has 0 aromatic rings. The van der Waals surface area contributed by atoms with Gasteiger partial charge in [0.05, 0.1) is 18.1 Å². The summed E-state index contributed by atoms with van der Waals surface area (Å²) in [4.78, 5) is 3.79. The Bertz CT molecular complexity index is 320. The van der Waals surface area contributed by atoms with Crippen LogP contribution in [0.15, 0.2) is 4.99 Å². The third-order valence-electron chi connectivity index (χ3n) is 3.54. The highest BCUT2D eigenvalue weighted by molar-refractivity contribution is 5.77. The Kier molecular flexibility index (Phi) is 3.70. The molecule has 1 aliphatic carbocycles. The third kappa shape index (κ3) is 3.07. The lowest BCUT2D eigenvalue weighted by Crippen LogP contribution is -2.38. The molecule has 0 bridgehead atoms. The summed E-state index contributed by atoms with van der Waals surface area (Å²) in [5.41, 5.74) is 3.92. The molecule has 0 amide bonds. The average Bonchev–Trinajstić information content (AvgIpc) is 2.93. The van der Waals surface area contributed by atoms with Crippen molar-refractivity contribution in [2.45, 2.75) is 38.0 Å². The zero-order valence-corrected chi connectivity index (χ0v) is 10.1. The number of hydrogen-bond donors (Lipinski definition) is 2. The molecule has 0 aromatic carbocycles. The van der Waals surface area contributed by atoms with Crippen LogP contribution in [0, 0.1) is 5.41 Å². The van der Waals surface area contributed by atoms with Crippen molar-refractivity contribution in [1.82, 2.24) is 5.32 Å². The van der Waals surface area contributed by atoms with E-state index in [-0.39, 0.29) is 31.4 Å². The first kappa shape index (κ1) is 13.5. The molecule has 1 atom stereocenters. The number of nitrogens with zero attached hydrogens (tertiary/aromatic N) is 1. The van der Waals surface area contributed by atoms with Gasteiger partial charge in [0.25, 0.3) is 0 Å². The second-order valence-electron chi connectivity index (χ2n) is 5.00. The van der Waals surface area contributed by atoms with Gasteiger partial charge in [-0.3, -0.25) is 4.99 Å². The van der Waals surface area contributed by atoms with Crippen molar-refractivity contribution in [3.05, 3.63) is 0 Å². The SMILES string of the molecule is NC(=NCC1(C(F)(F)F)CC1)NCC1CCCO1. The summed E-state index contributed by atoms with van der Waals surface area (Å²) in [5, 5.41) is 2.81. The number of aliphatic imine (C=N–C) groups is 1. The van der Waals surface area contributed by atoms with E-state index in [1.165, 1.54) is 0 Å². The molecule has 2 aliphatic rings. The monoisotopic (exact) mass is 265 g/mol. The van der Waals surface area contributed by atoms with Gasteiger partial charge in [0.2, 0.25) is 0 Å². The lowest BCUT2D eigenvalue weighted by Gasteiger charge is -2.17. The predicted molar refractivity (Wildman–Crippen MR) is 61.2 cm³/mol. The van der Waals surface area contributed by atoms with Crippen LogP contribution >= 0.6 is 0 Å². The first-order chi connectivity index (χ1) is 8.43. The lowest BCUT2D eigenvalue weighted by atomic mass is 10.1. The number of nitrogens with one attached hydrogen (secondary N) is 1. The molecule has 4 nitrogen and oxygen atoms in total. The second kappa shape index (κ2) is 4.95. The van der Waals surface area contributed by atoms with Gasteiger partial charge in [-0.05, 0) is 25.7 Å². The highest BCUT2D eigenvalue weighted by Gasteiger charge is 2.63. The fourth-order valence-electron chi connectivity index (χ4n) is 2.00. The van der Waals surface area contributed by atoms with Crippen LogP contribution in [0.3, 0.4) is 0 Å². The summed E-state index contributed by atoms with van der Waals surface area (Å²) in [5.74, 6) is 0.0704. The molecular formula is C11H18F3N3O. The molecule has 7 heteroatoms. The van der Waals surface area contributed by atoms with E-state index in [0.717, 1.165) is 19.4 Å². The number of guanidine groups is 1. The molecule has 2 rings (SSSR count). The average molecular weight is 265 g/mol. The first-order valence-corrected chi connectivity index (χ1v) is 6.15. The number of rotatable bonds is 4. The van der Waals surface area contributed by atoms with Crippen LogP contribution in [0.25, 0.3) is 0 Å². The molecule has 0 radical (unpaired) electrons. The van der Waals surface area contributed by atoms with E-state index in [0.29, 0.717) is 6.54 Å². The molecule has 18 heavy (non-hydrogen) atoms. The van der Waals surface area contributed by atoms with E-state index in [1.807, 2.05) is 0 Å². The number of hydrogen-bond acceptors (Lipinski definition) is 2. The van der Waals surface area contributed by atoms with Crippen LogP contribution < -0.4 is 11.1 Å². The Hall–Kier alpha value is -0.980. The van der Waals surface area contributed by atoms with E-state index in [2.05, 4.69) is 10.3 Å². The molecule has 0 aromatic heterocycles. The maximum absolute atomic E-state index is 12.6. The minimum Gasteiger partial charge on any atom is -0.376 e. The molecule has 0 spiro atoms. The molecule has 1 unspecified atom stereocenters. The quantitative estimate of drug-likeness (QED) is 0.597. The highest BCUT2D eigenvalue weighted by atomic mass is 19.4. The van der Waals surface area contributed by atoms with Gasteiger partial charge in [-0.2, -0.15) is 13.2 Å². The van der Waals surface area contributed by atoms with Crippen molar-refractivity contribution in [3.8, 4) is 0 Å². The summed E-state index contributed by atoms with van der Waals surface area (Å²) >= 11 is 0.